The predicted octanol–water partition coefficient (Wildman–Crippen LogP) is 2.80. The second kappa shape index (κ2) is 9.52. The van der Waals surface area contributed by atoms with Crippen LogP contribution in [0.3, 0.4) is 0 Å². The third-order valence-electron chi connectivity index (χ3n) is 6.53. The van der Waals surface area contributed by atoms with Crippen LogP contribution in [0.1, 0.15) is 29.6 Å². The van der Waals surface area contributed by atoms with Gasteiger partial charge in [0, 0.05) is 68.1 Å². The van der Waals surface area contributed by atoms with E-state index in [2.05, 4.69) is 15.0 Å². The molecule has 0 bridgehead atoms. The summed E-state index contributed by atoms with van der Waals surface area (Å²) in [5, 5.41) is 0.976. The van der Waals surface area contributed by atoms with Gasteiger partial charge in [-0.15, -0.1) is 0 Å². The van der Waals surface area contributed by atoms with Crippen molar-refractivity contribution in [3.63, 3.8) is 0 Å². The number of carbonyl (C=O) groups excluding carboxylic acids is 2. The standard InChI is InChI=1S/C25H27N5O3/c31-24-12-19(17-33-23-14-26-8-9-28-23)16-30(24)15-18-5-10-29(11-6-18)25(32)21-3-4-22-20(13-21)2-1-7-27-22/h1-4,7-9,13-14,18-19H,5-6,10-12,15-17H2. The number of likely N-dealkylation sites (tertiary alicyclic amines) is 2. The lowest BCUT2D eigenvalue weighted by atomic mass is 9.95. The number of benzene rings is 1. The van der Waals surface area contributed by atoms with Crippen LogP contribution in [-0.4, -0.2) is 69.4 Å². The van der Waals surface area contributed by atoms with Gasteiger partial charge in [-0.05, 0) is 43.0 Å². The van der Waals surface area contributed by atoms with Crippen LogP contribution >= 0.6 is 0 Å². The molecule has 8 heteroatoms. The molecule has 0 N–H and O–H groups in total. The van der Waals surface area contributed by atoms with E-state index in [1.807, 2.05) is 40.1 Å². The highest BCUT2D eigenvalue weighted by Crippen LogP contribution is 2.25. The van der Waals surface area contributed by atoms with Crippen LogP contribution in [0, 0.1) is 11.8 Å². The molecule has 2 fully saturated rings. The zero-order valence-electron chi connectivity index (χ0n) is 18.5. The summed E-state index contributed by atoms with van der Waals surface area (Å²) in [6.07, 6.45) is 8.86. The molecule has 5 rings (SSSR count). The molecule has 0 radical (unpaired) electrons. The van der Waals surface area contributed by atoms with Crippen LogP contribution in [0.15, 0.2) is 55.1 Å². The van der Waals surface area contributed by atoms with Crippen LogP contribution in [0.2, 0.25) is 0 Å². The zero-order valence-corrected chi connectivity index (χ0v) is 18.5. The van der Waals surface area contributed by atoms with Gasteiger partial charge in [-0.3, -0.25) is 19.6 Å². The number of fused-ring (bicyclic) bond motifs is 1. The van der Waals surface area contributed by atoms with Gasteiger partial charge in [-0.2, -0.15) is 0 Å². The molecule has 3 aromatic rings. The van der Waals surface area contributed by atoms with Crippen molar-refractivity contribution in [1.82, 2.24) is 24.8 Å². The maximum absolute atomic E-state index is 13.0. The summed E-state index contributed by atoms with van der Waals surface area (Å²) in [6, 6.07) is 9.54. The molecule has 2 aliphatic rings. The highest BCUT2D eigenvalue weighted by atomic mass is 16.5. The van der Waals surface area contributed by atoms with E-state index in [0.717, 1.165) is 43.4 Å². The van der Waals surface area contributed by atoms with Crippen molar-refractivity contribution in [2.45, 2.75) is 19.3 Å². The molecule has 0 spiro atoms. The molecule has 1 atom stereocenters. The first-order valence-corrected chi connectivity index (χ1v) is 11.5. The maximum atomic E-state index is 13.0. The SMILES string of the molecule is O=C1CC(COc2cnccn2)CN1CC1CCN(C(=O)c2ccc3ncccc3c2)CC1. The number of aromatic nitrogens is 3. The fraction of sp³-hybridized carbons (Fsp3) is 0.400. The van der Waals surface area contributed by atoms with E-state index in [1.54, 1.807) is 24.8 Å². The average molecular weight is 446 g/mol. The van der Waals surface area contributed by atoms with Gasteiger partial charge in [0.25, 0.3) is 5.91 Å². The minimum absolute atomic E-state index is 0.0673. The fourth-order valence-corrected chi connectivity index (χ4v) is 4.73. The number of hydrogen-bond donors (Lipinski definition) is 0. The molecule has 0 saturated carbocycles. The van der Waals surface area contributed by atoms with Gasteiger partial charge < -0.3 is 14.5 Å². The number of amides is 2. The van der Waals surface area contributed by atoms with Crippen molar-refractivity contribution in [2.24, 2.45) is 11.8 Å². The number of hydrogen-bond acceptors (Lipinski definition) is 6. The third kappa shape index (κ3) is 4.94. The zero-order chi connectivity index (χ0) is 22.6. The number of carbonyl (C=O) groups is 2. The van der Waals surface area contributed by atoms with E-state index in [4.69, 9.17) is 4.74 Å². The Labute approximate surface area is 192 Å². The Kier molecular flexibility index (Phi) is 6.15. The van der Waals surface area contributed by atoms with Crippen LogP contribution in [-0.2, 0) is 4.79 Å². The summed E-state index contributed by atoms with van der Waals surface area (Å²) < 4.78 is 5.69. The highest BCUT2D eigenvalue weighted by molar-refractivity contribution is 5.98. The highest BCUT2D eigenvalue weighted by Gasteiger charge is 2.33. The first-order chi connectivity index (χ1) is 16.2. The van der Waals surface area contributed by atoms with Gasteiger partial charge in [-0.1, -0.05) is 6.07 Å². The molecular weight excluding hydrogens is 418 g/mol. The molecule has 8 nitrogen and oxygen atoms in total. The third-order valence-corrected chi connectivity index (χ3v) is 6.53. The molecule has 1 aromatic carbocycles. The van der Waals surface area contributed by atoms with Crippen molar-refractivity contribution < 1.29 is 14.3 Å². The summed E-state index contributed by atoms with van der Waals surface area (Å²) in [4.78, 5) is 41.8. The first-order valence-electron chi connectivity index (χ1n) is 11.5. The Morgan fingerprint density at radius 1 is 1.06 bits per heavy atom. The molecule has 2 amide bonds. The van der Waals surface area contributed by atoms with Gasteiger partial charge in [0.1, 0.15) is 0 Å². The molecule has 2 aromatic heterocycles. The Morgan fingerprint density at radius 3 is 2.76 bits per heavy atom. The Balaban J connectivity index is 1.10. The Hall–Kier alpha value is -3.55. The number of pyridine rings is 1. The largest absolute Gasteiger partial charge is 0.476 e. The van der Waals surface area contributed by atoms with Crippen molar-refractivity contribution in [2.75, 3.05) is 32.8 Å². The lowest BCUT2D eigenvalue weighted by Crippen LogP contribution is -2.42. The van der Waals surface area contributed by atoms with Crippen molar-refractivity contribution in [3.05, 3.63) is 60.7 Å². The number of nitrogens with zero attached hydrogens (tertiary/aromatic N) is 5. The van der Waals surface area contributed by atoms with Crippen LogP contribution in [0.25, 0.3) is 10.9 Å². The summed E-state index contributed by atoms with van der Waals surface area (Å²) in [5.41, 5.74) is 1.60. The van der Waals surface area contributed by atoms with Gasteiger partial charge in [0.2, 0.25) is 11.8 Å². The van der Waals surface area contributed by atoms with Gasteiger partial charge in [0.05, 0.1) is 18.3 Å². The maximum Gasteiger partial charge on any atom is 0.253 e. The Bertz CT molecular complexity index is 1130. The molecule has 33 heavy (non-hydrogen) atoms. The monoisotopic (exact) mass is 445 g/mol. The Morgan fingerprint density at radius 2 is 1.94 bits per heavy atom. The molecular formula is C25H27N5O3. The minimum atomic E-state index is 0.0673. The number of piperidine rings is 1. The van der Waals surface area contributed by atoms with Crippen LogP contribution < -0.4 is 4.74 Å². The summed E-state index contributed by atoms with van der Waals surface area (Å²) in [5.74, 6) is 1.33. The van der Waals surface area contributed by atoms with Crippen molar-refractivity contribution in [3.8, 4) is 5.88 Å². The number of ether oxygens (including phenoxy) is 1. The second-order valence-electron chi connectivity index (χ2n) is 8.87. The molecule has 2 saturated heterocycles. The van der Waals surface area contributed by atoms with E-state index >= 15 is 0 Å². The summed E-state index contributed by atoms with van der Waals surface area (Å²) in [7, 11) is 0. The topological polar surface area (TPSA) is 88.5 Å². The average Bonchev–Trinajstić information content (AvgIpc) is 3.22. The summed E-state index contributed by atoms with van der Waals surface area (Å²) in [6.45, 7) is 3.37. The lowest BCUT2D eigenvalue weighted by molar-refractivity contribution is -0.128. The van der Waals surface area contributed by atoms with Crippen molar-refractivity contribution in [1.29, 1.82) is 0 Å². The van der Waals surface area contributed by atoms with E-state index in [9.17, 15) is 9.59 Å². The number of rotatable bonds is 6. The lowest BCUT2D eigenvalue weighted by Gasteiger charge is -2.34. The minimum Gasteiger partial charge on any atom is -0.476 e. The molecule has 1 unspecified atom stereocenters. The predicted molar refractivity (Wildman–Crippen MR) is 123 cm³/mol. The van der Waals surface area contributed by atoms with Crippen LogP contribution in [0.5, 0.6) is 5.88 Å². The first kappa shape index (κ1) is 21.3. The van der Waals surface area contributed by atoms with E-state index in [1.165, 1.54) is 0 Å². The van der Waals surface area contributed by atoms with Gasteiger partial charge in [0.15, 0.2) is 0 Å². The van der Waals surface area contributed by atoms with E-state index in [-0.39, 0.29) is 17.7 Å². The molecule has 0 aliphatic carbocycles. The van der Waals surface area contributed by atoms with E-state index < -0.39 is 0 Å². The summed E-state index contributed by atoms with van der Waals surface area (Å²) >= 11 is 0. The van der Waals surface area contributed by atoms with Crippen molar-refractivity contribution >= 4 is 22.7 Å². The molecule has 170 valence electrons. The fourth-order valence-electron chi connectivity index (χ4n) is 4.73. The normalized spacial score (nSPS) is 19.3. The van der Waals surface area contributed by atoms with E-state index in [0.29, 0.717) is 36.9 Å². The quantitative estimate of drug-likeness (QED) is 0.580. The van der Waals surface area contributed by atoms with Gasteiger partial charge in [-0.25, -0.2) is 4.98 Å². The van der Waals surface area contributed by atoms with Gasteiger partial charge >= 0.3 is 0 Å². The smallest absolute Gasteiger partial charge is 0.253 e. The van der Waals surface area contributed by atoms with Crippen LogP contribution in [0.4, 0.5) is 0 Å². The molecule has 4 heterocycles. The molecule has 2 aliphatic heterocycles. The second-order valence-corrected chi connectivity index (χ2v) is 8.87.